The predicted molar refractivity (Wildman–Crippen MR) is 55.5 cm³/mol. The Bertz CT molecular complexity index is 463. The van der Waals surface area contributed by atoms with Crippen LogP contribution < -0.4 is 5.32 Å². The molecule has 0 aliphatic rings. The average Bonchev–Trinajstić information content (AvgIpc) is 2.74. The van der Waals surface area contributed by atoms with E-state index in [2.05, 4.69) is 30.9 Å². The number of aromatic amines is 1. The summed E-state index contributed by atoms with van der Waals surface area (Å²) < 4.78 is 0. The van der Waals surface area contributed by atoms with E-state index >= 15 is 0 Å². The lowest BCUT2D eigenvalue weighted by molar-refractivity contribution is -0.115. The van der Waals surface area contributed by atoms with Gasteiger partial charge in [-0.25, -0.2) is 4.98 Å². The Morgan fingerprint density at radius 3 is 3.00 bits per heavy atom. The summed E-state index contributed by atoms with van der Waals surface area (Å²) in [5, 5.41) is 15.6. The van der Waals surface area contributed by atoms with Crippen LogP contribution in [-0.2, 0) is 11.2 Å². The van der Waals surface area contributed by atoms with Crippen LogP contribution in [0.1, 0.15) is 11.4 Å². The Kier molecular flexibility index (Phi) is 2.86. The molecule has 0 aromatic carbocycles. The maximum absolute atomic E-state index is 11.5. The van der Waals surface area contributed by atoms with Crippen molar-refractivity contribution in [2.45, 2.75) is 13.3 Å². The molecule has 7 nitrogen and oxygen atoms in total. The Labute approximate surface area is 91.3 Å². The van der Waals surface area contributed by atoms with Crippen LogP contribution in [0.15, 0.2) is 18.3 Å². The topological polar surface area (TPSA) is 96.5 Å². The van der Waals surface area contributed by atoms with E-state index < -0.39 is 0 Å². The first-order chi connectivity index (χ1) is 7.74. The van der Waals surface area contributed by atoms with E-state index in [-0.39, 0.29) is 12.3 Å². The molecule has 2 aromatic rings. The van der Waals surface area contributed by atoms with Crippen molar-refractivity contribution in [3.8, 4) is 0 Å². The van der Waals surface area contributed by atoms with Crippen LogP contribution in [-0.4, -0.2) is 31.5 Å². The fraction of sp³-hybridized carbons (Fsp3) is 0.222. The number of nitrogens with one attached hydrogen (secondary N) is 2. The first kappa shape index (κ1) is 10.2. The molecule has 0 radical (unpaired) electrons. The SMILES string of the molecule is Cc1ccc(NC(=O)Cc2nn[nH]n2)nc1. The van der Waals surface area contributed by atoms with E-state index in [4.69, 9.17) is 0 Å². The second kappa shape index (κ2) is 4.47. The molecule has 1 amide bonds. The molecule has 0 bridgehead atoms. The predicted octanol–water partition coefficient (Wildman–Crippen LogP) is 0.0843. The standard InChI is InChI=1S/C9H10N6O/c1-6-2-3-7(10-5-6)11-9(16)4-8-12-14-15-13-8/h2-3,5H,4H2,1H3,(H,10,11,16)(H,12,13,14,15). The van der Waals surface area contributed by atoms with Crippen molar-refractivity contribution in [1.29, 1.82) is 0 Å². The maximum atomic E-state index is 11.5. The number of nitrogens with zero attached hydrogens (tertiary/aromatic N) is 4. The van der Waals surface area contributed by atoms with E-state index in [1.807, 2.05) is 13.0 Å². The second-order valence-electron chi connectivity index (χ2n) is 3.27. The van der Waals surface area contributed by atoms with E-state index in [1.54, 1.807) is 12.3 Å². The quantitative estimate of drug-likeness (QED) is 0.760. The van der Waals surface area contributed by atoms with Crippen molar-refractivity contribution in [3.63, 3.8) is 0 Å². The van der Waals surface area contributed by atoms with E-state index in [0.717, 1.165) is 5.56 Å². The van der Waals surface area contributed by atoms with Crippen molar-refractivity contribution < 1.29 is 4.79 Å². The molecule has 82 valence electrons. The van der Waals surface area contributed by atoms with E-state index in [9.17, 15) is 4.79 Å². The number of pyridine rings is 1. The van der Waals surface area contributed by atoms with Gasteiger partial charge in [0.05, 0.1) is 6.42 Å². The molecule has 2 heterocycles. The number of anilines is 1. The molecule has 2 N–H and O–H groups in total. The van der Waals surface area contributed by atoms with Crippen molar-refractivity contribution >= 4 is 11.7 Å². The smallest absolute Gasteiger partial charge is 0.233 e. The summed E-state index contributed by atoms with van der Waals surface area (Å²) in [4.78, 5) is 15.5. The minimum Gasteiger partial charge on any atom is -0.310 e. The monoisotopic (exact) mass is 218 g/mol. The zero-order valence-electron chi connectivity index (χ0n) is 8.64. The molecular formula is C9H10N6O. The largest absolute Gasteiger partial charge is 0.310 e. The number of amides is 1. The molecule has 0 aliphatic carbocycles. The van der Waals surface area contributed by atoms with Gasteiger partial charge in [-0.15, -0.1) is 10.2 Å². The van der Waals surface area contributed by atoms with Crippen LogP contribution in [0.4, 0.5) is 5.82 Å². The zero-order valence-corrected chi connectivity index (χ0v) is 8.64. The van der Waals surface area contributed by atoms with Crippen LogP contribution >= 0.6 is 0 Å². The summed E-state index contributed by atoms with van der Waals surface area (Å²) >= 11 is 0. The number of carbonyl (C=O) groups excluding carboxylic acids is 1. The van der Waals surface area contributed by atoms with Gasteiger partial charge < -0.3 is 5.32 Å². The Balaban J connectivity index is 1.95. The highest BCUT2D eigenvalue weighted by molar-refractivity contribution is 5.90. The van der Waals surface area contributed by atoms with E-state index in [0.29, 0.717) is 11.6 Å². The molecule has 0 fully saturated rings. The average molecular weight is 218 g/mol. The summed E-state index contributed by atoms with van der Waals surface area (Å²) in [6, 6.07) is 3.61. The van der Waals surface area contributed by atoms with Gasteiger partial charge in [-0.1, -0.05) is 11.3 Å². The highest BCUT2D eigenvalue weighted by atomic mass is 16.1. The van der Waals surface area contributed by atoms with Gasteiger partial charge in [-0.3, -0.25) is 4.79 Å². The molecule has 0 spiro atoms. The highest BCUT2D eigenvalue weighted by Crippen LogP contribution is 2.04. The fourth-order valence-corrected chi connectivity index (χ4v) is 1.13. The number of rotatable bonds is 3. The number of carbonyl (C=O) groups is 1. The first-order valence-corrected chi connectivity index (χ1v) is 4.69. The molecular weight excluding hydrogens is 208 g/mol. The molecule has 2 rings (SSSR count). The van der Waals surface area contributed by atoms with Gasteiger partial charge in [0, 0.05) is 6.20 Å². The number of hydrogen-bond acceptors (Lipinski definition) is 5. The number of tetrazole rings is 1. The van der Waals surface area contributed by atoms with Crippen molar-refractivity contribution in [2.24, 2.45) is 0 Å². The number of H-pyrrole nitrogens is 1. The summed E-state index contributed by atoms with van der Waals surface area (Å²) in [5.41, 5.74) is 1.04. The minimum absolute atomic E-state index is 0.0755. The molecule has 0 saturated carbocycles. The van der Waals surface area contributed by atoms with Crippen molar-refractivity contribution in [2.75, 3.05) is 5.32 Å². The third kappa shape index (κ3) is 2.59. The lowest BCUT2D eigenvalue weighted by atomic mass is 10.3. The number of hydrogen-bond donors (Lipinski definition) is 2. The van der Waals surface area contributed by atoms with Gasteiger partial charge in [0.1, 0.15) is 5.82 Å². The van der Waals surface area contributed by atoms with Gasteiger partial charge in [0.25, 0.3) is 0 Å². The third-order valence-corrected chi connectivity index (χ3v) is 1.89. The molecule has 0 atom stereocenters. The summed E-state index contributed by atoms with van der Waals surface area (Å²) in [5.74, 6) is 0.640. The van der Waals surface area contributed by atoms with Crippen LogP contribution in [0, 0.1) is 6.92 Å². The summed E-state index contributed by atoms with van der Waals surface area (Å²) in [7, 11) is 0. The fourth-order valence-electron chi connectivity index (χ4n) is 1.13. The van der Waals surface area contributed by atoms with Crippen LogP contribution in [0.3, 0.4) is 0 Å². The number of aromatic nitrogens is 5. The lowest BCUT2D eigenvalue weighted by Crippen LogP contribution is -2.16. The van der Waals surface area contributed by atoms with Crippen LogP contribution in [0.25, 0.3) is 0 Å². The van der Waals surface area contributed by atoms with Crippen molar-refractivity contribution in [3.05, 3.63) is 29.7 Å². The maximum Gasteiger partial charge on any atom is 0.233 e. The molecule has 0 saturated heterocycles. The number of aryl methyl sites for hydroxylation is 1. The molecule has 7 heteroatoms. The van der Waals surface area contributed by atoms with Gasteiger partial charge in [0.15, 0.2) is 5.82 Å². The first-order valence-electron chi connectivity index (χ1n) is 4.69. The third-order valence-electron chi connectivity index (χ3n) is 1.89. The van der Waals surface area contributed by atoms with Crippen molar-refractivity contribution in [1.82, 2.24) is 25.6 Å². The summed E-state index contributed by atoms with van der Waals surface area (Å²) in [6.07, 6.45) is 1.76. The van der Waals surface area contributed by atoms with Crippen LogP contribution in [0.5, 0.6) is 0 Å². The van der Waals surface area contributed by atoms with Gasteiger partial charge in [-0.2, -0.15) is 5.21 Å². The minimum atomic E-state index is -0.224. The molecule has 0 aliphatic heterocycles. The van der Waals surface area contributed by atoms with Gasteiger partial charge in [0.2, 0.25) is 5.91 Å². The normalized spacial score (nSPS) is 10.1. The second-order valence-corrected chi connectivity index (χ2v) is 3.27. The van der Waals surface area contributed by atoms with E-state index in [1.165, 1.54) is 0 Å². The molecule has 16 heavy (non-hydrogen) atoms. The van der Waals surface area contributed by atoms with Gasteiger partial charge in [-0.05, 0) is 18.6 Å². The van der Waals surface area contributed by atoms with Gasteiger partial charge >= 0.3 is 0 Å². The zero-order chi connectivity index (χ0) is 11.4. The Morgan fingerprint density at radius 2 is 2.38 bits per heavy atom. The Hall–Kier alpha value is -2.31. The van der Waals surface area contributed by atoms with Crippen LogP contribution in [0.2, 0.25) is 0 Å². The highest BCUT2D eigenvalue weighted by Gasteiger charge is 2.07. The molecule has 2 aromatic heterocycles. The summed E-state index contributed by atoms with van der Waals surface area (Å²) in [6.45, 7) is 1.93. The lowest BCUT2D eigenvalue weighted by Gasteiger charge is -2.02. The molecule has 0 unspecified atom stereocenters. The Morgan fingerprint density at radius 1 is 1.50 bits per heavy atom.